The summed E-state index contributed by atoms with van der Waals surface area (Å²) in [6.07, 6.45) is 2.02. The Morgan fingerprint density at radius 3 is 2.59 bits per heavy atom. The average molecular weight is 297 g/mol. The second-order valence-electron chi connectivity index (χ2n) is 5.94. The standard InChI is InChI=1S/C19H23NO2/c1-22-18-9-5-6-15(12-18)13-20(17-10-11-17)14-19(21)16-7-3-2-4-8-16/h2-9,12,17,19,21H,10-11,13-14H2,1H3. The van der Waals surface area contributed by atoms with E-state index in [1.54, 1.807) is 7.11 Å². The van der Waals surface area contributed by atoms with E-state index < -0.39 is 6.10 Å². The highest BCUT2D eigenvalue weighted by atomic mass is 16.5. The first kappa shape index (κ1) is 15.1. The summed E-state index contributed by atoms with van der Waals surface area (Å²) < 4.78 is 5.30. The second kappa shape index (κ2) is 6.95. The Bertz CT molecular complexity index is 595. The van der Waals surface area contributed by atoms with Crippen LogP contribution in [0.25, 0.3) is 0 Å². The van der Waals surface area contributed by atoms with Crippen molar-refractivity contribution in [3.05, 3.63) is 65.7 Å². The molecule has 1 atom stereocenters. The average Bonchev–Trinajstić information content (AvgIpc) is 3.40. The number of hydrogen-bond donors (Lipinski definition) is 1. The highest BCUT2D eigenvalue weighted by Crippen LogP contribution is 2.30. The Morgan fingerprint density at radius 1 is 1.14 bits per heavy atom. The molecule has 1 aliphatic carbocycles. The van der Waals surface area contributed by atoms with Crippen molar-refractivity contribution < 1.29 is 9.84 Å². The van der Waals surface area contributed by atoms with Crippen LogP contribution in [0.2, 0.25) is 0 Å². The molecule has 1 saturated carbocycles. The van der Waals surface area contributed by atoms with Gasteiger partial charge in [0.1, 0.15) is 5.75 Å². The molecule has 1 unspecified atom stereocenters. The summed E-state index contributed by atoms with van der Waals surface area (Å²) in [5.74, 6) is 0.886. The van der Waals surface area contributed by atoms with Gasteiger partial charge in [-0.3, -0.25) is 4.90 Å². The lowest BCUT2D eigenvalue weighted by molar-refractivity contribution is 0.104. The molecule has 1 N–H and O–H groups in total. The summed E-state index contributed by atoms with van der Waals surface area (Å²) in [4.78, 5) is 2.38. The summed E-state index contributed by atoms with van der Waals surface area (Å²) in [5, 5.41) is 10.5. The van der Waals surface area contributed by atoms with Crippen LogP contribution in [-0.4, -0.2) is 29.7 Å². The van der Waals surface area contributed by atoms with E-state index in [0.29, 0.717) is 12.6 Å². The van der Waals surface area contributed by atoms with Crippen molar-refractivity contribution in [1.29, 1.82) is 0 Å². The fourth-order valence-corrected chi connectivity index (χ4v) is 2.79. The number of aliphatic hydroxyl groups excluding tert-OH is 1. The van der Waals surface area contributed by atoms with Gasteiger partial charge in [0.25, 0.3) is 0 Å². The number of hydrogen-bond acceptors (Lipinski definition) is 3. The highest BCUT2D eigenvalue weighted by molar-refractivity contribution is 5.28. The number of methoxy groups -OCH3 is 1. The fourth-order valence-electron chi connectivity index (χ4n) is 2.79. The van der Waals surface area contributed by atoms with Gasteiger partial charge >= 0.3 is 0 Å². The zero-order valence-corrected chi connectivity index (χ0v) is 13.0. The Balaban J connectivity index is 1.68. The van der Waals surface area contributed by atoms with Gasteiger partial charge in [0.2, 0.25) is 0 Å². The molecule has 0 radical (unpaired) electrons. The molecule has 1 fully saturated rings. The minimum atomic E-state index is -0.438. The third kappa shape index (κ3) is 3.87. The zero-order valence-electron chi connectivity index (χ0n) is 13.0. The van der Waals surface area contributed by atoms with Gasteiger partial charge in [-0.25, -0.2) is 0 Å². The van der Waals surface area contributed by atoms with Gasteiger partial charge in [-0.15, -0.1) is 0 Å². The lowest BCUT2D eigenvalue weighted by atomic mass is 10.1. The first-order chi connectivity index (χ1) is 10.8. The lowest BCUT2D eigenvalue weighted by Crippen LogP contribution is -2.30. The zero-order chi connectivity index (χ0) is 15.4. The van der Waals surface area contributed by atoms with E-state index in [1.165, 1.54) is 18.4 Å². The van der Waals surface area contributed by atoms with Crippen molar-refractivity contribution in [2.75, 3.05) is 13.7 Å². The number of ether oxygens (including phenoxy) is 1. The van der Waals surface area contributed by atoms with Crippen molar-refractivity contribution >= 4 is 0 Å². The molecular weight excluding hydrogens is 274 g/mol. The first-order valence-corrected chi connectivity index (χ1v) is 7.86. The van der Waals surface area contributed by atoms with Crippen molar-refractivity contribution in [1.82, 2.24) is 4.90 Å². The van der Waals surface area contributed by atoms with Crippen LogP contribution in [0.3, 0.4) is 0 Å². The molecule has 0 amide bonds. The third-order valence-corrected chi connectivity index (χ3v) is 4.17. The Kier molecular flexibility index (Phi) is 4.76. The van der Waals surface area contributed by atoms with Crippen LogP contribution in [0.5, 0.6) is 5.75 Å². The Hall–Kier alpha value is -1.84. The van der Waals surface area contributed by atoms with Gasteiger partial charge in [0.05, 0.1) is 13.2 Å². The smallest absolute Gasteiger partial charge is 0.119 e. The van der Waals surface area contributed by atoms with Gasteiger partial charge < -0.3 is 9.84 Å². The minimum Gasteiger partial charge on any atom is -0.497 e. The summed E-state index contributed by atoms with van der Waals surface area (Å²) in [6.45, 7) is 1.53. The minimum absolute atomic E-state index is 0.438. The molecule has 0 heterocycles. The molecule has 1 aliphatic rings. The van der Waals surface area contributed by atoms with Crippen LogP contribution in [0.1, 0.15) is 30.1 Å². The predicted octanol–water partition coefficient (Wildman–Crippen LogP) is 3.39. The summed E-state index contributed by atoms with van der Waals surface area (Å²) in [6, 6.07) is 18.7. The van der Waals surface area contributed by atoms with E-state index in [4.69, 9.17) is 4.74 Å². The van der Waals surface area contributed by atoms with Gasteiger partial charge in [0.15, 0.2) is 0 Å². The molecule has 3 nitrogen and oxygen atoms in total. The molecule has 0 spiro atoms. The number of rotatable bonds is 7. The lowest BCUT2D eigenvalue weighted by Gasteiger charge is -2.25. The van der Waals surface area contributed by atoms with Crippen LogP contribution in [0.15, 0.2) is 54.6 Å². The van der Waals surface area contributed by atoms with Crippen molar-refractivity contribution in [3.63, 3.8) is 0 Å². The SMILES string of the molecule is COc1cccc(CN(CC(O)c2ccccc2)C2CC2)c1. The maximum atomic E-state index is 10.5. The topological polar surface area (TPSA) is 32.7 Å². The van der Waals surface area contributed by atoms with Gasteiger partial charge in [0, 0.05) is 19.1 Å². The highest BCUT2D eigenvalue weighted by Gasteiger charge is 2.30. The van der Waals surface area contributed by atoms with E-state index in [2.05, 4.69) is 17.0 Å². The van der Waals surface area contributed by atoms with Crippen molar-refractivity contribution in [2.45, 2.75) is 31.5 Å². The van der Waals surface area contributed by atoms with Crippen LogP contribution in [-0.2, 0) is 6.54 Å². The van der Waals surface area contributed by atoms with Crippen LogP contribution in [0, 0.1) is 0 Å². The van der Waals surface area contributed by atoms with Crippen molar-refractivity contribution in [2.24, 2.45) is 0 Å². The van der Waals surface area contributed by atoms with Crippen molar-refractivity contribution in [3.8, 4) is 5.75 Å². The summed E-state index contributed by atoms with van der Waals surface area (Å²) >= 11 is 0. The molecule has 0 aromatic heterocycles. The van der Waals surface area contributed by atoms with Gasteiger partial charge in [-0.2, -0.15) is 0 Å². The number of benzene rings is 2. The predicted molar refractivity (Wildman–Crippen MR) is 87.8 cm³/mol. The fraction of sp³-hybridized carbons (Fsp3) is 0.368. The van der Waals surface area contributed by atoms with Crippen LogP contribution >= 0.6 is 0 Å². The molecule has 22 heavy (non-hydrogen) atoms. The molecule has 2 aromatic rings. The maximum Gasteiger partial charge on any atom is 0.119 e. The number of nitrogens with zero attached hydrogens (tertiary/aromatic N) is 1. The monoisotopic (exact) mass is 297 g/mol. The van der Waals surface area contributed by atoms with E-state index in [-0.39, 0.29) is 0 Å². The van der Waals surface area contributed by atoms with Crippen LogP contribution < -0.4 is 4.74 Å². The molecular formula is C19H23NO2. The Morgan fingerprint density at radius 2 is 1.91 bits per heavy atom. The van der Waals surface area contributed by atoms with E-state index in [9.17, 15) is 5.11 Å². The molecule has 3 rings (SSSR count). The molecule has 116 valence electrons. The van der Waals surface area contributed by atoms with E-state index in [0.717, 1.165) is 17.9 Å². The molecule has 2 aromatic carbocycles. The largest absolute Gasteiger partial charge is 0.497 e. The Labute approximate surface area is 132 Å². The van der Waals surface area contributed by atoms with E-state index >= 15 is 0 Å². The normalized spacial score (nSPS) is 15.8. The van der Waals surface area contributed by atoms with Gasteiger partial charge in [-0.05, 0) is 36.1 Å². The molecule has 0 saturated heterocycles. The molecule has 0 aliphatic heterocycles. The summed E-state index contributed by atoms with van der Waals surface area (Å²) in [7, 11) is 1.69. The van der Waals surface area contributed by atoms with Gasteiger partial charge in [-0.1, -0.05) is 42.5 Å². The van der Waals surface area contributed by atoms with Crippen LogP contribution in [0.4, 0.5) is 0 Å². The molecule has 3 heteroatoms. The summed E-state index contributed by atoms with van der Waals surface area (Å²) in [5.41, 5.74) is 2.21. The second-order valence-corrected chi connectivity index (χ2v) is 5.94. The number of aliphatic hydroxyl groups is 1. The maximum absolute atomic E-state index is 10.5. The third-order valence-electron chi connectivity index (χ3n) is 4.17. The first-order valence-electron chi connectivity index (χ1n) is 7.86. The van der Waals surface area contributed by atoms with E-state index in [1.807, 2.05) is 42.5 Å². The quantitative estimate of drug-likeness (QED) is 0.850. The molecule has 0 bridgehead atoms.